The molecule has 0 spiro atoms. The van der Waals surface area contributed by atoms with Crippen LogP contribution in [0.1, 0.15) is 32.1 Å². The molecule has 10 nitrogen and oxygen atoms in total. The van der Waals surface area contributed by atoms with E-state index in [0.717, 1.165) is 98.6 Å². The number of imidazole rings is 1. The van der Waals surface area contributed by atoms with Gasteiger partial charge in [-0.3, -0.25) is 9.78 Å². The second-order valence-corrected chi connectivity index (χ2v) is 10.6. The Bertz CT molecular complexity index is 1410. The molecule has 0 aromatic carbocycles. The van der Waals surface area contributed by atoms with Crippen LogP contribution in [0.3, 0.4) is 0 Å². The number of amides is 1. The van der Waals surface area contributed by atoms with Gasteiger partial charge in [-0.15, -0.1) is 0 Å². The quantitative estimate of drug-likeness (QED) is 0.308. The summed E-state index contributed by atoms with van der Waals surface area (Å²) < 4.78 is 7.52. The number of piperidine rings is 1. The molecular weight excluding hydrogens is 504 g/mol. The van der Waals surface area contributed by atoms with Crippen LogP contribution in [0, 0.1) is 5.92 Å². The first kappa shape index (κ1) is 26.2. The number of ether oxygens (including phenoxy) is 1. The van der Waals surface area contributed by atoms with Gasteiger partial charge in [0.1, 0.15) is 11.6 Å². The number of pyridine rings is 3. The van der Waals surface area contributed by atoms with Crippen LogP contribution >= 0.6 is 0 Å². The zero-order chi connectivity index (χ0) is 27.1. The summed E-state index contributed by atoms with van der Waals surface area (Å²) in [7, 11) is 0. The van der Waals surface area contributed by atoms with Crippen molar-refractivity contribution in [1.82, 2.24) is 29.8 Å². The van der Waals surface area contributed by atoms with E-state index in [9.17, 15) is 4.79 Å². The van der Waals surface area contributed by atoms with Crippen molar-refractivity contribution in [3.63, 3.8) is 0 Å². The Morgan fingerprint density at radius 2 is 1.90 bits per heavy atom. The van der Waals surface area contributed by atoms with Gasteiger partial charge in [0.25, 0.3) is 0 Å². The van der Waals surface area contributed by atoms with E-state index in [0.29, 0.717) is 12.6 Å². The van der Waals surface area contributed by atoms with E-state index in [1.54, 1.807) is 12.5 Å². The fourth-order valence-electron chi connectivity index (χ4n) is 5.58. The molecule has 10 heteroatoms. The Hall–Kier alpha value is -4.05. The van der Waals surface area contributed by atoms with E-state index < -0.39 is 0 Å². The van der Waals surface area contributed by atoms with E-state index in [-0.39, 0.29) is 11.8 Å². The van der Waals surface area contributed by atoms with Gasteiger partial charge in [0.15, 0.2) is 0 Å². The SMILES string of the molecule is O=C(NCCCn1ccnc1)C1CCN(c2nc(-c3ccnc(NC4CCOCC4)c3)cc3cnccc23)CC1. The Morgan fingerprint density at radius 1 is 1.02 bits per heavy atom. The summed E-state index contributed by atoms with van der Waals surface area (Å²) in [4.78, 5) is 33.3. The lowest BCUT2D eigenvalue weighted by atomic mass is 9.95. The first-order valence-electron chi connectivity index (χ1n) is 14.3. The maximum atomic E-state index is 12.8. The van der Waals surface area contributed by atoms with Gasteiger partial charge in [-0.2, -0.15) is 0 Å². The zero-order valence-corrected chi connectivity index (χ0v) is 22.7. The zero-order valence-electron chi connectivity index (χ0n) is 22.7. The second-order valence-electron chi connectivity index (χ2n) is 10.6. The lowest BCUT2D eigenvalue weighted by Crippen LogP contribution is -2.41. The van der Waals surface area contributed by atoms with Crippen molar-refractivity contribution in [3.8, 4) is 11.3 Å². The fraction of sp³-hybridized carbons (Fsp3) is 0.433. The van der Waals surface area contributed by atoms with Gasteiger partial charge in [-0.1, -0.05) is 0 Å². The van der Waals surface area contributed by atoms with Crippen molar-refractivity contribution in [1.29, 1.82) is 0 Å². The molecule has 2 fully saturated rings. The number of nitrogens with zero attached hydrogens (tertiary/aromatic N) is 6. The number of carbonyl (C=O) groups is 1. The van der Waals surface area contributed by atoms with E-state index >= 15 is 0 Å². The summed E-state index contributed by atoms with van der Waals surface area (Å²) in [6.07, 6.45) is 15.5. The highest BCUT2D eigenvalue weighted by Crippen LogP contribution is 2.32. The van der Waals surface area contributed by atoms with Gasteiger partial charge >= 0.3 is 0 Å². The van der Waals surface area contributed by atoms with Crippen LogP contribution in [0.25, 0.3) is 22.0 Å². The summed E-state index contributed by atoms with van der Waals surface area (Å²) in [5, 5.41) is 8.82. The monoisotopic (exact) mass is 540 g/mol. The van der Waals surface area contributed by atoms with Crippen LogP contribution in [0.15, 0.2) is 61.6 Å². The van der Waals surface area contributed by atoms with Crippen LogP contribution in [0.4, 0.5) is 11.6 Å². The highest BCUT2D eigenvalue weighted by Gasteiger charge is 2.26. The first-order chi connectivity index (χ1) is 19.7. The maximum Gasteiger partial charge on any atom is 0.223 e. The maximum absolute atomic E-state index is 12.8. The van der Waals surface area contributed by atoms with Crippen LogP contribution in [0.5, 0.6) is 0 Å². The molecule has 6 rings (SSSR count). The molecule has 0 bridgehead atoms. The number of hydrogen-bond acceptors (Lipinski definition) is 8. The molecule has 40 heavy (non-hydrogen) atoms. The molecule has 2 saturated heterocycles. The molecule has 208 valence electrons. The molecule has 0 saturated carbocycles. The lowest BCUT2D eigenvalue weighted by Gasteiger charge is -2.33. The summed E-state index contributed by atoms with van der Waals surface area (Å²) >= 11 is 0. The minimum atomic E-state index is 0.0274. The van der Waals surface area contributed by atoms with Crippen molar-refractivity contribution >= 4 is 28.3 Å². The average molecular weight is 541 g/mol. The van der Waals surface area contributed by atoms with Crippen LogP contribution in [-0.2, 0) is 16.1 Å². The molecule has 0 aliphatic carbocycles. The lowest BCUT2D eigenvalue weighted by molar-refractivity contribution is -0.125. The smallest absolute Gasteiger partial charge is 0.223 e. The van der Waals surface area contributed by atoms with Crippen molar-refractivity contribution in [2.45, 2.75) is 44.7 Å². The minimum Gasteiger partial charge on any atom is -0.381 e. The van der Waals surface area contributed by atoms with E-state index in [4.69, 9.17) is 9.72 Å². The van der Waals surface area contributed by atoms with E-state index in [1.807, 2.05) is 41.5 Å². The Morgan fingerprint density at radius 3 is 2.73 bits per heavy atom. The summed E-state index contributed by atoms with van der Waals surface area (Å²) in [5.74, 6) is 1.99. The van der Waals surface area contributed by atoms with Crippen LogP contribution < -0.4 is 15.5 Å². The number of fused-ring (bicyclic) bond motifs is 1. The molecule has 1 amide bonds. The third-order valence-electron chi connectivity index (χ3n) is 7.86. The molecule has 4 aromatic heterocycles. The standard InChI is InChI=1S/C30H36N8O2/c39-30(34-8-1-12-37-15-11-32-21-37)22-4-13-38(14-5-22)29-26-3-9-31-20-24(26)18-27(36-29)23-2-10-33-28(19-23)35-25-6-16-40-17-7-25/h2-3,9-11,15,18-22,25H,1,4-8,12-14,16-17H2,(H,33,35)(H,34,39). The Kier molecular flexibility index (Phi) is 8.13. The normalized spacial score (nSPS) is 16.8. The molecule has 4 aromatic rings. The molecule has 0 atom stereocenters. The Balaban J connectivity index is 1.13. The van der Waals surface area contributed by atoms with Crippen molar-refractivity contribution in [3.05, 3.63) is 61.6 Å². The number of aryl methyl sites for hydroxylation is 1. The topological polar surface area (TPSA) is 110 Å². The number of aromatic nitrogens is 5. The van der Waals surface area contributed by atoms with Crippen LogP contribution in [-0.4, -0.2) is 69.3 Å². The van der Waals surface area contributed by atoms with Gasteiger partial charge in [-0.05, 0) is 56.4 Å². The second kappa shape index (κ2) is 12.4. The summed E-state index contributed by atoms with van der Waals surface area (Å²) in [5.41, 5.74) is 1.91. The van der Waals surface area contributed by atoms with E-state index in [2.05, 4.69) is 42.6 Å². The van der Waals surface area contributed by atoms with Gasteiger partial charge in [0, 0.05) is 98.7 Å². The molecule has 0 unspecified atom stereocenters. The number of carbonyl (C=O) groups excluding carboxylic acids is 1. The van der Waals surface area contributed by atoms with Crippen molar-refractivity contribution in [2.24, 2.45) is 5.92 Å². The van der Waals surface area contributed by atoms with Gasteiger partial charge in [0.05, 0.1) is 12.0 Å². The third-order valence-corrected chi connectivity index (χ3v) is 7.86. The molecular formula is C30H36N8O2. The highest BCUT2D eigenvalue weighted by molar-refractivity contribution is 5.94. The highest BCUT2D eigenvalue weighted by atomic mass is 16.5. The first-order valence-corrected chi connectivity index (χ1v) is 14.3. The molecule has 0 radical (unpaired) electrons. The van der Waals surface area contributed by atoms with Crippen LogP contribution in [0.2, 0.25) is 0 Å². The summed E-state index contributed by atoms with van der Waals surface area (Å²) in [6, 6.07) is 8.59. The predicted octanol–water partition coefficient (Wildman–Crippen LogP) is 3.90. The number of nitrogens with one attached hydrogen (secondary N) is 2. The van der Waals surface area contributed by atoms with Gasteiger partial charge in [-0.25, -0.2) is 15.0 Å². The number of anilines is 2. The number of rotatable bonds is 9. The predicted molar refractivity (Wildman–Crippen MR) is 155 cm³/mol. The van der Waals surface area contributed by atoms with Gasteiger partial charge in [0.2, 0.25) is 5.91 Å². The van der Waals surface area contributed by atoms with E-state index in [1.165, 1.54) is 0 Å². The largest absolute Gasteiger partial charge is 0.381 e. The van der Waals surface area contributed by atoms with Crippen molar-refractivity contribution in [2.75, 3.05) is 43.1 Å². The summed E-state index contributed by atoms with van der Waals surface area (Å²) in [6.45, 7) is 4.67. The number of hydrogen-bond donors (Lipinski definition) is 2. The molecule has 6 heterocycles. The molecule has 2 N–H and O–H groups in total. The van der Waals surface area contributed by atoms with Gasteiger partial charge < -0.3 is 24.8 Å². The molecule has 2 aliphatic rings. The Labute approximate surface area is 234 Å². The van der Waals surface area contributed by atoms with Crippen molar-refractivity contribution < 1.29 is 9.53 Å². The fourth-order valence-corrected chi connectivity index (χ4v) is 5.58. The minimum absolute atomic E-state index is 0.0274. The average Bonchev–Trinajstić information content (AvgIpc) is 3.53. The molecule has 2 aliphatic heterocycles. The third kappa shape index (κ3) is 6.22.